The molecule has 1 rings (SSSR count). The minimum absolute atomic E-state index is 0. The Bertz CT molecular complexity index is 82.1. The van der Waals surface area contributed by atoms with Crippen molar-refractivity contribution in [1.29, 1.82) is 0 Å². The maximum absolute atomic E-state index is 3.53. The minimum atomic E-state index is 0. The standard InChI is InChI=1S/C3H2N3.Li.H/c1-4-2-6-3-5-1;;/h1-2H;;. The number of hydrogen-bond donors (Lipinski definition) is 0. The van der Waals surface area contributed by atoms with Crippen molar-refractivity contribution in [2.24, 2.45) is 0 Å². The summed E-state index contributed by atoms with van der Waals surface area (Å²) in [5.74, 6) is 0. The topological polar surface area (TPSA) is 38.7 Å². The first-order valence-electron chi connectivity index (χ1n) is 1.48. The van der Waals surface area contributed by atoms with Gasteiger partial charge in [-0.2, -0.15) is 0 Å². The van der Waals surface area contributed by atoms with E-state index in [0.717, 1.165) is 0 Å². The second-order valence-corrected chi connectivity index (χ2v) is 0.738. The average molecular weight is 88.0 g/mol. The molecule has 31 valence electrons. The molecule has 4 heteroatoms. The van der Waals surface area contributed by atoms with E-state index < -0.39 is 0 Å². The molecule has 0 atom stereocenters. The fraction of sp³-hybridized carbons (Fsp3) is 0. The molecular formula is C3H3LiN3. The number of aromatic nitrogens is 3. The first-order valence-corrected chi connectivity index (χ1v) is 1.48. The van der Waals surface area contributed by atoms with Crippen LogP contribution in [0, 0.1) is 6.33 Å². The molecule has 1 aromatic rings. The summed E-state index contributed by atoms with van der Waals surface area (Å²) >= 11 is 0. The molecule has 1 aromatic heterocycles. The van der Waals surface area contributed by atoms with Crippen LogP contribution in [-0.2, 0) is 0 Å². The second kappa shape index (κ2) is 3.79. The van der Waals surface area contributed by atoms with Gasteiger partial charge in [-0.25, -0.2) is 15.0 Å². The Hall–Kier alpha value is -0.393. The van der Waals surface area contributed by atoms with E-state index in [1.54, 1.807) is 0 Å². The van der Waals surface area contributed by atoms with Gasteiger partial charge in [0, 0.05) is 0 Å². The number of rotatable bonds is 0. The van der Waals surface area contributed by atoms with Crippen molar-refractivity contribution in [2.45, 2.75) is 0 Å². The molecule has 0 aliphatic heterocycles. The molecule has 1 heterocycles. The fourth-order valence-corrected chi connectivity index (χ4v) is 0.181. The molecule has 0 unspecified atom stereocenters. The van der Waals surface area contributed by atoms with Gasteiger partial charge in [-0.3, -0.25) is 0 Å². The molecular weight excluding hydrogens is 85.0 g/mol. The van der Waals surface area contributed by atoms with Crippen LogP contribution < -0.4 is 0 Å². The smallest absolute Gasteiger partial charge is 0.200 e. The second-order valence-electron chi connectivity index (χ2n) is 0.738. The Balaban J connectivity index is 0.000000360. The van der Waals surface area contributed by atoms with Crippen molar-refractivity contribution < 1.29 is 0 Å². The third-order valence-electron chi connectivity index (χ3n) is 0.364. The maximum atomic E-state index is 3.53. The summed E-state index contributed by atoms with van der Waals surface area (Å²) in [6, 6.07) is 0. The SMILES string of the molecule is [LiH].[c]1ncncn1. The Kier molecular flexibility index (Phi) is 3.57. The third-order valence-corrected chi connectivity index (χ3v) is 0.364. The van der Waals surface area contributed by atoms with Gasteiger partial charge in [0.2, 0.25) is 6.33 Å². The summed E-state index contributed by atoms with van der Waals surface area (Å²) in [7, 11) is 0. The molecule has 7 heavy (non-hydrogen) atoms. The van der Waals surface area contributed by atoms with E-state index in [2.05, 4.69) is 21.3 Å². The molecule has 0 bridgehead atoms. The Morgan fingerprint density at radius 3 is 1.86 bits per heavy atom. The molecule has 0 N–H and O–H groups in total. The van der Waals surface area contributed by atoms with E-state index in [4.69, 9.17) is 0 Å². The van der Waals surface area contributed by atoms with Gasteiger partial charge in [-0.15, -0.1) is 0 Å². The van der Waals surface area contributed by atoms with Gasteiger partial charge < -0.3 is 0 Å². The zero-order chi connectivity index (χ0) is 4.24. The molecule has 0 amide bonds. The molecule has 0 aliphatic rings. The van der Waals surface area contributed by atoms with Crippen molar-refractivity contribution in [3.8, 4) is 0 Å². The van der Waals surface area contributed by atoms with Crippen LogP contribution in [0.3, 0.4) is 0 Å². The zero-order valence-electron chi connectivity index (χ0n) is 3.00. The van der Waals surface area contributed by atoms with Crippen LogP contribution in [0.15, 0.2) is 12.7 Å². The summed E-state index contributed by atoms with van der Waals surface area (Å²) in [4.78, 5) is 10.4. The Morgan fingerprint density at radius 2 is 1.71 bits per heavy atom. The van der Waals surface area contributed by atoms with Crippen molar-refractivity contribution in [2.75, 3.05) is 0 Å². The van der Waals surface area contributed by atoms with E-state index in [9.17, 15) is 0 Å². The van der Waals surface area contributed by atoms with Crippen LogP contribution in [0.2, 0.25) is 0 Å². The summed E-state index contributed by atoms with van der Waals surface area (Å²) in [6.07, 6.45) is 5.09. The molecule has 0 spiro atoms. The van der Waals surface area contributed by atoms with Crippen molar-refractivity contribution in [3.63, 3.8) is 0 Å². The monoisotopic (exact) mass is 88.0 g/mol. The summed E-state index contributed by atoms with van der Waals surface area (Å²) < 4.78 is 0. The fourth-order valence-electron chi connectivity index (χ4n) is 0.181. The Morgan fingerprint density at radius 1 is 1.14 bits per heavy atom. The van der Waals surface area contributed by atoms with Crippen molar-refractivity contribution >= 4 is 18.9 Å². The van der Waals surface area contributed by atoms with Crippen LogP contribution in [0.25, 0.3) is 0 Å². The van der Waals surface area contributed by atoms with Crippen LogP contribution in [0.1, 0.15) is 0 Å². The van der Waals surface area contributed by atoms with Crippen molar-refractivity contribution in [3.05, 3.63) is 19.0 Å². The van der Waals surface area contributed by atoms with Gasteiger partial charge in [0.1, 0.15) is 12.7 Å². The maximum Gasteiger partial charge on any atom is 0.200 e. The van der Waals surface area contributed by atoms with E-state index in [1.807, 2.05) is 0 Å². The molecule has 1 radical (unpaired) electrons. The number of nitrogens with zero attached hydrogens (tertiary/aromatic N) is 3. The summed E-state index contributed by atoms with van der Waals surface area (Å²) in [5.41, 5.74) is 0. The molecule has 0 aromatic carbocycles. The summed E-state index contributed by atoms with van der Waals surface area (Å²) in [5, 5.41) is 0. The van der Waals surface area contributed by atoms with Crippen LogP contribution in [0.5, 0.6) is 0 Å². The Labute approximate surface area is 53.4 Å². The van der Waals surface area contributed by atoms with Crippen LogP contribution in [0.4, 0.5) is 0 Å². The first-order chi connectivity index (χ1) is 3.00. The largest absolute Gasteiger partial charge is 0.225 e. The first kappa shape index (κ1) is 6.61. The van der Waals surface area contributed by atoms with Gasteiger partial charge in [0.25, 0.3) is 0 Å². The van der Waals surface area contributed by atoms with Crippen LogP contribution in [-0.4, -0.2) is 33.8 Å². The van der Waals surface area contributed by atoms with E-state index in [0.29, 0.717) is 0 Å². The van der Waals surface area contributed by atoms with Crippen molar-refractivity contribution in [1.82, 2.24) is 15.0 Å². The number of hydrogen-bond acceptors (Lipinski definition) is 3. The predicted octanol–water partition coefficient (Wildman–Crippen LogP) is -0.977. The third kappa shape index (κ3) is 2.32. The van der Waals surface area contributed by atoms with Gasteiger partial charge in [-0.05, 0) is 0 Å². The zero-order valence-corrected chi connectivity index (χ0v) is 3.00. The average Bonchev–Trinajstić information content (AvgIpc) is 1.72. The molecule has 0 aliphatic carbocycles. The van der Waals surface area contributed by atoms with E-state index in [1.165, 1.54) is 12.7 Å². The van der Waals surface area contributed by atoms with Crippen LogP contribution >= 0.6 is 0 Å². The molecule has 0 saturated heterocycles. The molecule has 0 saturated carbocycles. The van der Waals surface area contributed by atoms with Gasteiger partial charge in [0.15, 0.2) is 0 Å². The molecule has 0 fully saturated rings. The van der Waals surface area contributed by atoms with Gasteiger partial charge in [-0.1, -0.05) is 0 Å². The predicted molar refractivity (Wildman–Crippen MR) is 25.8 cm³/mol. The van der Waals surface area contributed by atoms with Gasteiger partial charge in [0.05, 0.1) is 0 Å². The van der Waals surface area contributed by atoms with E-state index in [-0.39, 0.29) is 18.9 Å². The normalized spacial score (nSPS) is 6.86. The minimum Gasteiger partial charge on any atom is -0.225 e. The van der Waals surface area contributed by atoms with Gasteiger partial charge >= 0.3 is 18.9 Å². The quantitative estimate of drug-likeness (QED) is 0.383. The van der Waals surface area contributed by atoms with E-state index >= 15 is 0 Å². The summed E-state index contributed by atoms with van der Waals surface area (Å²) in [6.45, 7) is 0. The molecule has 3 nitrogen and oxygen atoms in total.